The van der Waals surface area contributed by atoms with Crippen molar-refractivity contribution in [1.29, 1.82) is 0 Å². The van der Waals surface area contributed by atoms with Crippen LogP contribution in [-0.2, 0) is 23.3 Å². The van der Waals surface area contributed by atoms with Crippen molar-refractivity contribution in [2.75, 3.05) is 25.0 Å². The van der Waals surface area contributed by atoms with Crippen LogP contribution in [0.2, 0.25) is 0 Å². The number of aliphatic hydroxyl groups is 1. The molecule has 0 fully saturated rings. The molecular weight excluding hydrogens is 521 g/mol. The lowest BCUT2D eigenvalue weighted by Gasteiger charge is -2.21. The Balaban J connectivity index is 0.000000322. The molecular formula is C32H42FN5O3. The fourth-order valence-corrected chi connectivity index (χ4v) is 4.40. The van der Waals surface area contributed by atoms with Crippen molar-refractivity contribution >= 4 is 23.0 Å². The van der Waals surface area contributed by atoms with Crippen molar-refractivity contribution in [2.45, 2.75) is 66.5 Å². The summed E-state index contributed by atoms with van der Waals surface area (Å²) in [5.74, 6) is 0.935. The Labute approximate surface area is 242 Å². The van der Waals surface area contributed by atoms with Gasteiger partial charge < -0.3 is 15.2 Å². The Morgan fingerprint density at radius 2 is 1.90 bits per heavy atom. The molecule has 41 heavy (non-hydrogen) atoms. The maximum Gasteiger partial charge on any atom is 0.211 e. The van der Waals surface area contributed by atoms with Crippen LogP contribution in [0.25, 0.3) is 10.9 Å². The van der Waals surface area contributed by atoms with Gasteiger partial charge in [0.1, 0.15) is 17.3 Å². The lowest BCUT2D eigenvalue weighted by atomic mass is 10.1. The zero-order valence-electron chi connectivity index (χ0n) is 24.9. The molecule has 220 valence electrons. The van der Waals surface area contributed by atoms with E-state index in [0.717, 1.165) is 47.2 Å². The number of aliphatic hydroxyl groups excluding tert-OH is 1. The van der Waals surface area contributed by atoms with Crippen molar-refractivity contribution in [1.82, 2.24) is 19.7 Å². The van der Waals surface area contributed by atoms with Gasteiger partial charge in [-0.3, -0.25) is 19.4 Å². The van der Waals surface area contributed by atoms with Crippen LogP contribution in [0.3, 0.4) is 0 Å². The highest BCUT2D eigenvalue weighted by Crippen LogP contribution is 2.33. The molecule has 0 spiro atoms. The molecule has 0 saturated heterocycles. The van der Waals surface area contributed by atoms with Crippen molar-refractivity contribution in [3.8, 4) is 11.5 Å². The first-order chi connectivity index (χ1) is 19.6. The largest absolute Gasteiger partial charge is 0.456 e. The van der Waals surface area contributed by atoms with E-state index in [1.54, 1.807) is 23.3 Å². The first-order valence-electron chi connectivity index (χ1n) is 14.0. The molecule has 0 bridgehead atoms. The first kappa shape index (κ1) is 31.7. The number of nitrogens with one attached hydrogen (secondary N) is 1. The van der Waals surface area contributed by atoms with Gasteiger partial charge in [0, 0.05) is 36.9 Å². The van der Waals surface area contributed by atoms with E-state index in [1.807, 2.05) is 52.8 Å². The molecule has 2 heterocycles. The molecule has 8 nitrogen and oxygen atoms in total. The molecule has 2 aromatic heterocycles. The predicted molar refractivity (Wildman–Crippen MR) is 162 cm³/mol. The van der Waals surface area contributed by atoms with Gasteiger partial charge in [0.25, 0.3) is 0 Å². The van der Waals surface area contributed by atoms with Crippen LogP contribution in [0.1, 0.15) is 57.7 Å². The van der Waals surface area contributed by atoms with Crippen LogP contribution in [-0.4, -0.2) is 50.9 Å². The lowest BCUT2D eigenvalue weighted by molar-refractivity contribution is -0.105. The molecule has 1 amide bonds. The van der Waals surface area contributed by atoms with E-state index in [0.29, 0.717) is 36.4 Å². The van der Waals surface area contributed by atoms with Crippen LogP contribution in [0.5, 0.6) is 11.5 Å². The van der Waals surface area contributed by atoms with Gasteiger partial charge in [-0.2, -0.15) is 5.10 Å². The van der Waals surface area contributed by atoms with Crippen molar-refractivity contribution < 1.29 is 19.0 Å². The van der Waals surface area contributed by atoms with Gasteiger partial charge in [0.05, 0.1) is 29.5 Å². The fourth-order valence-electron chi connectivity index (χ4n) is 4.40. The van der Waals surface area contributed by atoms with E-state index >= 15 is 0 Å². The van der Waals surface area contributed by atoms with Gasteiger partial charge >= 0.3 is 0 Å². The number of amides is 1. The van der Waals surface area contributed by atoms with Crippen LogP contribution in [0.4, 0.5) is 10.1 Å². The monoisotopic (exact) mass is 563 g/mol. The van der Waals surface area contributed by atoms with Gasteiger partial charge in [0.15, 0.2) is 0 Å². The molecule has 0 atom stereocenters. The van der Waals surface area contributed by atoms with Crippen LogP contribution in [0, 0.1) is 12.7 Å². The molecule has 4 rings (SSSR count). The zero-order chi connectivity index (χ0) is 30.0. The van der Waals surface area contributed by atoms with Crippen LogP contribution < -0.4 is 10.1 Å². The summed E-state index contributed by atoms with van der Waals surface area (Å²) in [6.07, 6.45) is 7.45. The SMILES string of the molecule is CC(C)(C)n1cc(NC=O)cn1.CCCN(CCO)Cc1ccc2nccc(Oc3cc(F)c(CC)cc3C)c2c1. The highest BCUT2D eigenvalue weighted by molar-refractivity contribution is 5.85. The number of fused-ring (bicyclic) bond motifs is 1. The minimum Gasteiger partial charge on any atom is -0.456 e. The van der Waals surface area contributed by atoms with Gasteiger partial charge in [-0.15, -0.1) is 0 Å². The summed E-state index contributed by atoms with van der Waals surface area (Å²) in [6, 6.07) is 11.2. The van der Waals surface area contributed by atoms with E-state index in [2.05, 4.69) is 39.4 Å². The second-order valence-corrected chi connectivity index (χ2v) is 10.9. The summed E-state index contributed by atoms with van der Waals surface area (Å²) in [4.78, 5) is 16.7. The number of aromatic nitrogens is 3. The Kier molecular flexibility index (Phi) is 11.4. The number of anilines is 1. The maximum atomic E-state index is 14.3. The molecule has 2 aromatic carbocycles. The molecule has 0 unspecified atom stereocenters. The van der Waals surface area contributed by atoms with Gasteiger partial charge in [-0.1, -0.05) is 19.9 Å². The molecule has 0 aliphatic rings. The van der Waals surface area contributed by atoms with Crippen molar-refractivity contribution in [3.05, 3.63) is 77.5 Å². The summed E-state index contributed by atoms with van der Waals surface area (Å²) in [5, 5.41) is 16.8. The standard InChI is InChI=1S/C24H29FN2O2.C8H13N3O/c1-4-10-27(11-12-28)16-18-6-7-22-20(14-18)23(8-9-26-22)29-24-15-21(25)19(5-2)13-17(24)3;1-8(2,3)11-5-7(4-10-11)9-6-12/h6-9,13-15,28H,4-5,10-12,16H2,1-3H3;4-6H,1-3H3,(H,9,12). The summed E-state index contributed by atoms with van der Waals surface area (Å²) in [5.41, 5.74) is 4.24. The fraction of sp³-hybridized carbons (Fsp3) is 0.406. The van der Waals surface area contributed by atoms with E-state index in [1.165, 1.54) is 6.07 Å². The number of pyridine rings is 1. The minimum atomic E-state index is -0.244. The number of hydrogen-bond donors (Lipinski definition) is 2. The molecule has 0 radical (unpaired) electrons. The normalized spacial score (nSPS) is 11.3. The summed E-state index contributed by atoms with van der Waals surface area (Å²) in [6.45, 7) is 14.6. The van der Waals surface area contributed by atoms with Gasteiger partial charge in [-0.25, -0.2) is 4.39 Å². The van der Waals surface area contributed by atoms with Crippen LogP contribution >= 0.6 is 0 Å². The molecule has 2 N–H and O–H groups in total. The summed E-state index contributed by atoms with van der Waals surface area (Å²) >= 11 is 0. The molecule has 9 heteroatoms. The highest BCUT2D eigenvalue weighted by atomic mass is 19.1. The number of rotatable bonds is 11. The van der Waals surface area contributed by atoms with E-state index in [9.17, 15) is 14.3 Å². The number of carbonyl (C=O) groups excluding carboxylic acids is 1. The number of benzene rings is 2. The van der Waals surface area contributed by atoms with Crippen molar-refractivity contribution in [2.24, 2.45) is 0 Å². The Hall–Kier alpha value is -3.82. The summed E-state index contributed by atoms with van der Waals surface area (Å²) < 4.78 is 22.2. The number of nitrogens with zero attached hydrogens (tertiary/aromatic N) is 4. The highest BCUT2D eigenvalue weighted by Gasteiger charge is 2.14. The smallest absolute Gasteiger partial charge is 0.211 e. The quantitative estimate of drug-likeness (QED) is 0.204. The van der Waals surface area contributed by atoms with Gasteiger partial charge in [-0.05, 0) is 88.0 Å². The average Bonchev–Trinajstić information content (AvgIpc) is 3.41. The molecule has 0 aliphatic heterocycles. The second-order valence-electron chi connectivity index (χ2n) is 10.9. The molecule has 0 saturated carbocycles. The van der Waals surface area contributed by atoms with Crippen LogP contribution in [0.15, 0.2) is 55.0 Å². The molecule has 0 aliphatic carbocycles. The third kappa shape index (κ3) is 8.83. The van der Waals surface area contributed by atoms with E-state index in [-0.39, 0.29) is 18.0 Å². The topological polar surface area (TPSA) is 92.5 Å². The summed E-state index contributed by atoms with van der Waals surface area (Å²) in [7, 11) is 0. The Bertz CT molecular complexity index is 1420. The Morgan fingerprint density at radius 1 is 1.12 bits per heavy atom. The zero-order valence-corrected chi connectivity index (χ0v) is 24.9. The lowest BCUT2D eigenvalue weighted by Crippen LogP contribution is -2.27. The maximum absolute atomic E-state index is 14.3. The Morgan fingerprint density at radius 3 is 2.54 bits per heavy atom. The van der Waals surface area contributed by atoms with Crippen molar-refractivity contribution in [3.63, 3.8) is 0 Å². The first-order valence-corrected chi connectivity index (χ1v) is 14.0. The number of aryl methyl sites for hydroxylation is 2. The van der Waals surface area contributed by atoms with E-state index in [4.69, 9.17) is 4.74 Å². The second kappa shape index (κ2) is 14.7. The predicted octanol–water partition coefficient (Wildman–Crippen LogP) is 6.45. The third-order valence-corrected chi connectivity index (χ3v) is 6.57. The minimum absolute atomic E-state index is 0.0389. The van der Waals surface area contributed by atoms with Gasteiger partial charge in [0.2, 0.25) is 6.41 Å². The average molecular weight is 564 g/mol. The number of ether oxygens (including phenoxy) is 1. The molecule has 4 aromatic rings. The number of hydrogen-bond acceptors (Lipinski definition) is 6. The van der Waals surface area contributed by atoms with E-state index < -0.39 is 0 Å². The number of halogens is 1. The number of carbonyl (C=O) groups is 1. The third-order valence-electron chi connectivity index (χ3n) is 6.57.